The molecule has 1 aliphatic rings. The summed E-state index contributed by atoms with van der Waals surface area (Å²) in [6.07, 6.45) is 4.93. The minimum Gasteiger partial charge on any atom is -0.379 e. The van der Waals surface area contributed by atoms with Gasteiger partial charge in [-0.3, -0.25) is 0 Å². The molecule has 0 radical (unpaired) electrons. The fourth-order valence-electron chi connectivity index (χ4n) is 2.21. The zero-order valence-corrected chi connectivity index (χ0v) is 11.3. The standard InChI is InChI=1S/C14H23N3O/c1-3-12(15)8-11-4-5-14(16-9-11)17(2)13-6-7-18-10-13/h4-5,9,12-13H,3,6-8,10,15H2,1-2H3. The predicted molar refractivity (Wildman–Crippen MR) is 73.8 cm³/mol. The highest BCUT2D eigenvalue weighted by atomic mass is 16.5. The number of ether oxygens (including phenoxy) is 1. The van der Waals surface area contributed by atoms with Crippen LogP contribution in [0.4, 0.5) is 5.82 Å². The van der Waals surface area contributed by atoms with Crippen molar-refractivity contribution in [3.05, 3.63) is 23.9 Å². The van der Waals surface area contributed by atoms with E-state index in [0.717, 1.165) is 38.3 Å². The van der Waals surface area contributed by atoms with Crippen molar-refractivity contribution in [1.82, 2.24) is 4.98 Å². The van der Waals surface area contributed by atoms with Gasteiger partial charge < -0.3 is 15.4 Å². The van der Waals surface area contributed by atoms with Gasteiger partial charge in [0.2, 0.25) is 0 Å². The number of rotatable bonds is 5. The van der Waals surface area contributed by atoms with E-state index in [1.165, 1.54) is 5.56 Å². The molecule has 1 fully saturated rings. The van der Waals surface area contributed by atoms with E-state index in [1.807, 2.05) is 6.20 Å². The van der Waals surface area contributed by atoms with E-state index in [9.17, 15) is 0 Å². The molecule has 2 unspecified atom stereocenters. The Morgan fingerprint density at radius 1 is 1.56 bits per heavy atom. The Kier molecular flexibility index (Phi) is 4.55. The van der Waals surface area contributed by atoms with Gasteiger partial charge in [0.15, 0.2) is 0 Å². The molecule has 1 aromatic rings. The van der Waals surface area contributed by atoms with E-state index >= 15 is 0 Å². The minimum absolute atomic E-state index is 0.235. The molecule has 100 valence electrons. The van der Waals surface area contributed by atoms with Gasteiger partial charge in [-0.1, -0.05) is 13.0 Å². The average molecular weight is 249 g/mol. The van der Waals surface area contributed by atoms with E-state index in [1.54, 1.807) is 0 Å². The third-order valence-electron chi connectivity index (χ3n) is 3.65. The molecule has 2 rings (SSSR count). The smallest absolute Gasteiger partial charge is 0.128 e. The predicted octanol–water partition coefficient (Wildman–Crippen LogP) is 1.59. The molecule has 18 heavy (non-hydrogen) atoms. The number of hydrogen-bond acceptors (Lipinski definition) is 4. The fraction of sp³-hybridized carbons (Fsp3) is 0.643. The second-order valence-corrected chi connectivity index (χ2v) is 5.03. The van der Waals surface area contributed by atoms with E-state index in [0.29, 0.717) is 6.04 Å². The lowest BCUT2D eigenvalue weighted by atomic mass is 10.1. The largest absolute Gasteiger partial charge is 0.379 e. The maximum atomic E-state index is 5.95. The fourth-order valence-corrected chi connectivity index (χ4v) is 2.21. The lowest BCUT2D eigenvalue weighted by Crippen LogP contribution is -2.32. The van der Waals surface area contributed by atoms with E-state index in [4.69, 9.17) is 10.5 Å². The first-order chi connectivity index (χ1) is 8.70. The highest BCUT2D eigenvalue weighted by Crippen LogP contribution is 2.18. The summed E-state index contributed by atoms with van der Waals surface area (Å²) in [6, 6.07) is 4.90. The van der Waals surface area contributed by atoms with Gasteiger partial charge in [0.1, 0.15) is 5.82 Å². The normalized spacial score (nSPS) is 20.9. The summed E-state index contributed by atoms with van der Waals surface area (Å²) >= 11 is 0. The number of nitrogens with zero attached hydrogens (tertiary/aromatic N) is 2. The highest BCUT2D eigenvalue weighted by molar-refractivity contribution is 5.40. The first-order valence-electron chi connectivity index (χ1n) is 6.71. The number of hydrogen-bond donors (Lipinski definition) is 1. The zero-order valence-electron chi connectivity index (χ0n) is 11.3. The van der Waals surface area contributed by atoms with Crippen LogP contribution in [0.15, 0.2) is 18.3 Å². The van der Waals surface area contributed by atoms with Gasteiger partial charge in [0.25, 0.3) is 0 Å². The van der Waals surface area contributed by atoms with Crippen LogP contribution in [0.25, 0.3) is 0 Å². The summed E-state index contributed by atoms with van der Waals surface area (Å²) in [5.41, 5.74) is 7.16. The van der Waals surface area contributed by atoms with Gasteiger partial charge in [-0.05, 0) is 30.9 Å². The first-order valence-corrected chi connectivity index (χ1v) is 6.71. The van der Waals surface area contributed by atoms with Gasteiger partial charge in [-0.15, -0.1) is 0 Å². The Bertz CT molecular complexity index is 360. The minimum atomic E-state index is 0.235. The van der Waals surface area contributed by atoms with Gasteiger partial charge in [-0.25, -0.2) is 4.98 Å². The monoisotopic (exact) mass is 249 g/mol. The Balaban J connectivity index is 1.98. The molecular formula is C14H23N3O. The van der Waals surface area contributed by atoms with Crippen molar-refractivity contribution in [3.63, 3.8) is 0 Å². The summed E-state index contributed by atoms with van der Waals surface area (Å²) in [5, 5.41) is 0. The SMILES string of the molecule is CCC(N)Cc1ccc(N(C)C2CCOC2)nc1. The van der Waals surface area contributed by atoms with Crippen molar-refractivity contribution in [2.24, 2.45) is 5.73 Å². The molecule has 1 saturated heterocycles. The molecule has 1 aromatic heterocycles. The maximum absolute atomic E-state index is 5.95. The van der Waals surface area contributed by atoms with E-state index in [2.05, 4.69) is 36.0 Å². The summed E-state index contributed by atoms with van der Waals surface area (Å²) in [4.78, 5) is 6.73. The van der Waals surface area contributed by atoms with Crippen molar-refractivity contribution in [3.8, 4) is 0 Å². The first kappa shape index (κ1) is 13.3. The van der Waals surface area contributed by atoms with Crippen LogP contribution in [0.1, 0.15) is 25.3 Å². The number of pyridine rings is 1. The number of nitrogens with two attached hydrogens (primary N) is 1. The van der Waals surface area contributed by atoms with Crippen LogP contribution in [0.3, 0.4) is 0 Å². The lowest BCUT2D eigenvalue weighted by Gasteiger charge is -2.24. The lowest BCUT2D eigenvalue weighted by molar-refractivity contribution is 0.193. The van der Waals surface area contributed by atoms with Crippen LogP contribution in [0.2, 0.25) is 0 Å². The van der Waals surface area contributed by atoms with Gasteiger partial charge in [0.05, 0.1) is 12.6 Å². The van der Waals surface area contributed by atoms with Crippen molar-refractivity contribution in [2.45, 2.75) is 38.3 Å². The number of anilines is 1. The number of likely N-dealkylation sites (N-methyl/N-ethyl adjacent to an activating group) is 1. The van der Waals surface area contributed by atoms with E-state index < -0.39 is 0 Å². The topological polar surface area (TPSA) is 51.4 Å². The van der Waals surface area contributed by atoms with Crippen molar-refractivity contribution < 1.29 is 4.74 Å². The molecule has 0 bridgehead atoms. The molecule has 0 aliphatic carbocycles. The molecule has 4 heteroatoms. The van der Waals surface area contributed by atoms with Crippen LogP contribution in [-0.4, -0.2) is 37.3 Å². The van der Waals surface area contributed by atoms with Crippen LogP contribution in [0.5, 0.6) is 0 Å². The molecule has 0 amide bonds. The molecule has 2 heterocycles. The summed E-state index contributed by atoms with van der Waals surface area (Å²) in [6.45, 7) is 3.78. The molecule has 2 atom stereocenters. The second-order valence-electron chi connectivity index (χ2n) is 5.03. The molecule has 0 saturated carbocycles. The number of aromatic nitrogens is 1. The Morgan fingerprint density at radius 3 is 2.94 bits per heavy atom. The van der Waals surface area contributed by atoms with Gasteiger partial charge in [-0.2, -0.15) is 0 Å². The highest BCUT2D eigenvalue weighted by Gasteiger charge is 2.21. The van der Waals surface area contributed by atoms with Crippen LogP contribution >= 0.6 is 0 Å². The van der Waals surface area contributed by atoms with Gasteiger partial charge in [0, 0.05) is 25.9 Å². The molecule has 2 N–H and O–H groups in total. The van der Waals surface area contributed by atoms with Crippen molar-refractivity contribution in [1.29, 1.82) is 0 Å². The van der Waals surface area contributed by atoms with Crippen LogP contribution in [0, 0.1) is 0 Å². The Hall–Kier alpha value is -1.13. The van der Waals surface area contributed by atoms with Crippen molar-refractivity contribution in [2.75, 3.05) is 25.2 Å². The van der Waals surface area contributed by atoms with Crippen LogP contribution < -0.4 is 10.6 Å². The molecule has 0 spiro atoms. The summed E-state index contributed by atoms with van der Waals surface area (Å²) in [7, 11) is 2.08. The quantitative estimate of drug-likeness (QED) is 0.861. The Labute approximate surface area is 109 Å². The molecular weight excluding hydrogens is 226 g/mol. The zero-order chi connectivity index (χ0) is 13.0. The van der Waals surface area contributed by atoms with Crippen molar-refractivity contribution >= 4 is 5.82 Å². The average Bonchev–Trinajstić information content (AvgIpc) is 2.92. The summed E-state index contributed by atoms with van der Waals surface area (Å²) in [5.74, 6) is 1.01. The second kappa shape index (κ2) is 6.16. The molecule has 0 aromatic carbocycles. The Morgan fingerprint density at radius 2 is 2.39 bits per heavy atom. The third-order valence-corrected chi connectivity index (χ3v) is 3.65. The summed E-state index contributed by atoms with van der Waals surface area (Å²) < 4.78 is 5.40. The molecule has 4 nitrogen and oxygen atoms in total. The maximum Gasteiger partial charge on any atom is 0.128 e. The molecule has 1 aliphatic heterocycles. The van der Waals surface area contributed by atoms with Crippen LogP contribution in [-0.2, 0) is 11.2 Å². The van der Waals surface area contributed by atoms with Gasteiger partial charge >= 0.3 is 0 Å². The van der Waals surface area contributed by atoms with E-state index in [-0.39, 0.29) is 6.04 Å². The third kappa shape index (κ3) is 3.21.